The molecule has 1 atom stereocenters. The predicted octanol–water partition coefficient (Wildman–Crippen LogP) is 3.36. The van der Waals surface area contributed by atoms with Gasteiger partial charge in [0.15, 0.2) is 0 Å². The van der Waals surface area contributed by atoms with Crippen LogP contribution in [0.2, 0.25) is 5.02 Å². The molecule has 1 N–H and O–H groups in total. The Hall–Kier alpha value is -3.22. The molecule has 4 rings (SSSR count). The number of nitrogens with one attached hydrogen (secondary N) is 1. The average molecular weight is 542 g/mol. The third-order valence-electron chi connectivity index (χ3n) is 6.48. The topological polar surface area (TPSA) is 115 Å². The van der Waals surface area contributed by atoms with Crippen molar-refractivity contribution in [3.8, 4) is 0 Å². The van der Waals surface area contributed by atoms with Gasteiger partial charge in [-0.05, 0) is 33.6 Å². The molecular formula is C23H30ClF2N7O4. The van der Waals surface area contributed by atoms with Crippen LogP contribution in [0.1, 0.15) is 62.2 Å². The molecular weight excluding hydrogens is 512 g/mol. The van der Waals surface area contributed by atoms with Crippen molar-refractivity contribution in [2.75, 3.05) is 38.1 Å². The highest BCUT2D eigenvalue weighted by molar-refractivity contribution is 6.32. The van der Waals surface area contributed by atoms with Crippen LogP contribution in [0.5, 0.6) is 0 Å². The molecule has 37 heavy (non-hydrogen) atoms. The van der Waals surface area contributed by atoms with E-state index in [1.807, 2.05) is 0 Å². The molecule has 1 saturated heterocycles. The Morgan fingerprint density at radius 2 is 1.81 bits per heavy atom. The first-order valence-corrected chi connectivity index (χ1v) is 12.6. The molecule has 1 unspecified atom stereocenters. The second kappa shape index (κ2) is 11.0. The number of anilines is 1. The first-order valence-electron chi connectivity index (χ1n) is 12.2. The van der Waals surface area contributed by atoms with Gasteiger partial charge in [-0.1, -0.05) is 11.6 Å². The van der Waals surface area contributed by atoms with Crippen molar-refractivity contribution in [1.82, 2.24) is 29.4 Å². The van der Waals surface area contributed by atoms with Gasteiger partial charge < -0.3 is 19.9 Å². The highest BCUT2D eigenvalue weighted by Crippen LogP contribution is 2.45. The number of aromatic nitrogens is 4. The summed E-state index contributed by atoms with van der Waals surface area (Å²) in [7, 11) is 0. The third kappa shape index (κ3) is 5.86. The van der Waals surface area contributed by atoms with Crippen LogP contribution in [-0.4, -0.2) is 80.1 Å². The van der Waals surface area contributed by atoms with Crippen molar-refractivity contribution in [3.05, 3.63) is 28.3 Å². The van der Waals surface area contributed by atoms with Crippen molar-refractivity contribution >= 4 is 35.2 Å². The Morgan fingerprint density at radius 3 is 2.41 bits per heavy atom. The first kappa shape index (κ1) is 26.8. The predicted molar refractivity (Wildman–Crippen MR) is 130 cm³/mol. The lowest BCUT2D eigenvalue weighted by Crippen LogP contribution is -2.52. The lowest BCUT2D eigenvalue weighted by atomic mass is 10.2. The highest BCUT2D eigenvalue weighted by Gasteiger charge is 2.34. The molecule has 3 heterocycles. The number of carbonyl (C=O) groups is 3. The highest BCUT2D eigenvalue weighted by atomic mass is 35.5. The average Bonchev–Trinajstić information content (AvgIpc) is 3.56. The summed E-state index contributed by atoms with van der Waals surface area (Å²) in [6.45, 7) is 6.67. The fraction of sp³-hybridized carbons (Fsp3) is 0.609. The first-order chi connectivity index (χ1) is 17.6. The number of carbonyl (C=O) groups excluding carboxylic acids is 3. The summed E-state index contributed by atoms with van der Waals surface area (Å²) >= 11 is 6.13. The van der Waals surface area contributed by atoms with Crippen molar-refractivity contribution in [2.45, 2.75) is 58.5 Å². The number of ether oxygens (including phenoxy) is 1. The van der Waals surface area contributed by atoms with E-state index in [0.29, 0.717) is 49.9 Å². The van der Waals surface area contributed by atoms with E-state index in [9.17, 15) is 23.2 Å². The number of halogens is 3. The maximum atomic E-state index is 13.3. The van der Waals surface area contributed by atoms with E-state index in [2.05, 4.69) is 15.5 Å². The number of amides is 3. The number of nitrogens with zero attached hydrogens (tertiary/aromatic N) is 6. The Morgan fingerprint density at radius 1 is 1.16 bits per heavy atom. The van der Waals surface area contributed by atoms with Gasteiger partial charge in [0.2, 0.25) is 11.8 Å². The van der Waals surface area contributed by atoms with Gasteiger partial charge in [0.25, 0.3) is 6.43 Å². The van der Waals surface area contributed by atoms with E-state index < -0.39 is 30.2 Å². The van der Waals surface area contributed by atoms with Gasteiger partial charge in [-0.25, -0.2) is 13.6 Å². The minimum absolute atomic E-state index is 0.0239. The van der Waals surface area contributed by atoms with Crippen LogP contribution in [0.15, 0.2) is 6.20 Å². The van der Waals surface area contributed by atoms with E-state index in [-0.39, 0.29) is 23.4 Å². The van der Waals surface area contributed by atoms with Gasteiger partial charge in [-0.2, -0.15) is 10.2 Å². The second-order valence-corrected chi connectivity index (χ2v) is 9.54. The number of alkyl halides is 2. The molecule has 3 amide bonds. The smallest absolute Gasteiger partial charge is 0.409 e. The van der Waals surface area contributed by atoms with E-state index in [0.717, 1.165) is 12.8 Å². The van der Waals surface area contributed by atoms with Crippen molar-refractivity contribution in [3.63, 3.8) is 0 Å². The fourth-order valence-electron chi connectivity index (χ4n) is 4.31. The van der Waals surface area contributed by atoms with Crippen LogP contribution in [0.4, 0.5) is 19.3 Å². The zero-order valence-electron chi connectivity index (χ0n) is 20.9. The lowest BCUT2D eigenvalue weighted by molar-refractivity contribution is -0.136. The molecule has 1 aliphatic carbocycles. The van der Waals surface area contributed by atoms with Gasteiger partial charge in [0, 0.05) is 38.3 Å². The SMILES string of the molecule is CCOC(=O)N1CCN(C(=O)C(C)n2cc(NC(=O)Cn3nc(C(F)F)c(Cl)c3C3CC3)c(C)n2)CC1. The van der Waals surface area contributed by atoms with Crippen LogP contribution >= 0.6 is 11.6 Å². The summed E-state index contributed by atoms with van der Waals surface area (Å²) < 4.78 is 34.3. The van der Waals surface area contributed by atoms with E-state index in [1.165, 1.54) is 9.36 Å². The van der Waals surface area contributed by atoms with E-state index in [4.69, 9.17) is 16.3 Å². The Kier molecular flexibility index (Phi) is 8.00. The summed E-state index contributed by atoms with van der Waals surface area (Å²) in [5, 5.41) is 10.9. The van der Waals surface area contributed by atoms with E-state index in [1.54, 1.807) is 36.8 Å². The van der Waals surface area contributed by atoms with Crippen LogP contribution in [0.3, 0.4) is 0 Å². The van der Waals surface area contributed by atoms with Gasteiger partial charge in [0.1, 0.15) is 18.3 Å². The minimum Gasteiger partial charge on any atom is -0.450 e. The molecule has 0 bridgehead atoms. The lowest BCUT2D eigenvalue weighted by Gasteiger charge is -2.35. The molecule has 2 aliphatic rings. The van der Waals surface area contributed by atoms with Gasteiger partial charge >= 0.3 is 6.09 Å². The maximum absolute atomic E-state index is 13.3. The van der Waals surface area contributed by atoms with Crippen LogP contribution in [-0.2, 0) is 20.9 Å². The summed E-state index contributed by atoms with van der Waals surface area (Å²) in [5.74, 6) is -0.613. The molecule has 1 aliphatic heterocycles. The number of aryl methyl sites for hydroxylation is 1. The normalized spacial score (nSPS) is 16.7. The molecule has 11 nitrogen and oxygen atoms in total. The molecule has 202 valence electrons. The van der Waals surface area contributed by atoms with Crippen LogP contribution in [0, 0.1) is 6.92 Å². The molecule has 2 aromatic heterocycles. The number of hydrogen-bond donors (Lipinski definition) is 1. The summed E-state index contributed by atoms with van der Waals surface area (Å²) in [6, 6.07) is -0.640. The summed E-state index contributed by atoms with van der Waals surface area (Å²) in [6.07, 6.45) is -0.0381. The summed E-state index contributed by atoms with van der Waals surface area (Å²) in [5.41, 5.74) is 0.837. The van der Waals surface area contributed by atoms with Gasteiger partial charge in [-0.3, -0.25) is 19.0 Å². The second-order valence-electron chi connectivity index (χ2n) is 9.16. The number of piperazine rings is 1. The Balaban J connectivity index is 1.38. The molecule has 0 aromatic carbocycles. The standard InChI is InChI=1S/C23H30ClF2N7O4/c1-4-37-23(36)31-9-7-30(8-10-31)22(35)14(3)32-11-16(13(2)28-32)27-17(34)12-33-20(15-5-6-15)18(24)19(29-33)21(25)26/h11,14-15,21H,4-10,12H2,1-3H3,(H,27,34). The molecule has 2 aromatic rings. The molecule has 0 radical (unpaired) electrons. The van der Waals surface area contributed by atoms with Crippen molar-refractivity contribution < 1.29 is 27.9 Å². The van der Waals surface area contributed by atoms with Crippen LogP contribution in [0.25, 0.3) is 0 Å². The maximum Gasteiger partial charge on any atom is 0.409 e. The summed E-state index contributed by atoms with van der Waals surface area (Å²) in [4.78, 5) is 40.9. The zero-order chi connectivity index (χ0) is 26.9. The van der Waals surface area contributed by atoms with Gasteiger partial charge in [0.05, 0.1) is 28.7 Å². The quantitative estimate of drug-likeness (QED) is 0.548. The Bertz CT molecular complexity index is 1170. The molecule has 1 saturated carbocycles. The zero-order valence-corrected chi connectivity index (χ0v) is 21.7. The van der Waals surface area contributed by atoms with Crippen molar-refractivity contribution in [1.29, 1.82) is 0 Å². The third-order valence-corrected chi connectivity index (χ3v) is 6.87. The molecule has 0 spiro atoms. The number of hydrogen-bond acceptors (Lipinski definition) is 6. The van der Waals surface area contributed by atoms with E-state index >= 15 is 0 Å². The monoisotopic (exact) mass is 541 g/mol. The molecule has 2 fully saturated rings. The largest absolute Gasteiger partial charge is 0.450 e. The fourth-order valence-corrected chi connectivity index (χ4v) is 4.68. The molecule has 14 heteroatoms. The minimum atomic E-state index is -2.83. The van der Waals surface area contributed by atoms with Crippen molar-refractivity contribution in [2.24, 2.45) is 0 Å². The number of rotatable bonds is 8. The van der Waals surface area contributed by atoms with Crippen LogP contribution < -0.4 is 5.32 Å². The van der Waals surface area contributed by atoms with Gasteiger partial charge in [-0.15, -0.1) is 0 Å². The Labute approximate surface area is 217 Å².